The molecule has 130 valence electrons. The summed E-state index contributed by atoms with van der Waals surface area (Å²) in [5.41, 5.74) is 4.63. The molecule has 0 aliphatic heterocycles. The van der Waals surface area contributed by atoms with Crippen molar-refractivity contribution in [2.45, 2.75) is 46.1 Å². The van der Waals surface area contributed by atoms with Gasteiger partial charge in [-0.05, 0) is 53.5 Å². The Balaban J connectivity index is 1.69. The minimum atomic E-state index is 0.00746. The fraction of sp³-hybridized carbons (Fsp3) is 0.348. The second-order valence-corrected chi connectivity index (χ2v) is 7.94. The number of nitrogens with one attached hydrogen (secondary N) is 1. The third-order valence-corrected chi connectivity index (χ3v) is 4.62. The zero-order valence-electron chi connectivity index (χ0n) is 15.4. The van der Waals surface area contributed by atoms with Crippen molar-refractivity contribution in [1.82, 2.24) is 5.32 Å². The fourth-order valence-corrected chi connectivity index (χ4v) is 3.24. The summed E-state index contributed by atoms with van der Waals surface area (Å²) in [5, 5.41) is 3.21. The number of allylic oxidation sites excluding steroid dienone is 1. The van der Waals surface area contributed by atoms with Crippen molar-refractivity contribution in [3.63, 3.8) is 0 Å². The summed E-state index contributed by atoms with van der Waals surface area (Å²) in [6.45, 7) is 6.52. The molecule has 0 saturated carbocycles. The second-order valence-electron chi connectivity index (χ2n) is 7.94. The summed E-state index contributed by atoms with van der Waals surface area (Å²) in [6, 6.07) is 16.4. The highest BCUT2D eigenvalue weighted by molar-refractivity contribution is 5.94. The number of carbonyl (C=O) groups is 1. The van der Waals surface area contributed by atoms with Crippen LogP contribution in [0.15, 0.2) is 54.6 Å². The van der Waals surface area contributed by atoms with Gasteiger partial charge in [-0.1, -0.05) is 69.3 Å². The van der Waals surface area contributed by atoms with Crippen molar-refractivity contribution in [1.29, 1.82) is 0 Å². The lowest BCUT2D eigenvalue weighted by atomic mass is 9.87. The first-order valence-corrected chi connectivity index (χ1v) is 9.10. The maximum Gasteiger partial charge on any atom is 0.251 e. The van der Waals surface area contributed by atoms with Gasteiger partial charge in [0.25, 0.3) is 5.91 Å². The zero-order valence-corrected chi connectivity index (χ0v) is 15.4. The molecular weight excluding hydrogens is 306 g/mol. The predicted molar refractivity (Wildman–Crippen MR) is 105 cm³/mol. The van der Waals surface area contributed by atoms with Crippen molar-refractivity contribution in [3.05, 3.63) is 76.9 Å². The van der Waals surface area contributed by atoms with E-state index in [9.17, 15) is 4.79 Å². The minimum Gasteiger partial charge on any atom is -0.345 e. The van der Waals surface area contributed by atoms with Gasteiger partial charge in [0.2, 0.25) is 0 Å². The molecule has 0 spiro atoms. The minimum absolute atomic E-state index is 0.00746. The van der Waals surface area contributed by atoms with Gasteiger partial charge in [-0.15, -0.1) is 0 Å². The van der Waals surface area contributed by atoms with Crippen molar-refractivity contribution in [2.24, 2.45) is 5.41 Å². The number of fused-ring (bicyclic) bond motifs is 1. The van der Waals surface area contributed by atoms with Gasteiger partial charge in [-0.3, -0.25) is 4.79 Å². The summed E-state index contributed by atoms with van der Waals surface area (Å²) >= 11 is 0. The first-order valence-electron chi connectivity index (χ1n) is 9.10. The molecule has 2 heteroatoms. The summed E-state index contributed by atoms with van der Waals surface area (Å²) in [6.07, 6.45) is 7.53. The van der Waals surface area contributed by atoms with E-state index in [1.165, 1.54) is 11.1 Å². The van der Waals surface area contributed by atoms with E-state index in [1.807, 2.05) is 24.3 Å². The molecule has 1 unspecified atom stereocenters. The number of hydrogen-bond donors (Lipinski definition) is 1. The van der Waals surface area contributed by atoms with Crippen LogP contribution in [0.1, 0.15) is 66.7 Å². The lowest BCUT2D eigenvalue weighted by molar-refractivity contribution is 0.0933. The van der Waals surface area contributed by atoms with Crippen LogP contribution in [0.2, 0.25) is 0 Å². The average molecular weight is 333 g/mol. The van der Waals surface area contributed by atoms with Gasteiger partial charge in [0.1, 0.15) is 0 Å². The van der Waals surface area contributed by atoms with Crippen LogP contribution in [0.25, 0.3) is 6.08 Å². The molecule has 1 amide bonds. The molecule has 25 heavy (non-hydrogen) atoms. The highest BCUT2D eigenvalue weighted by Crippen LogP contribution is 2.29. The normalized spacial score (nSPS) is 17.3. The number of amides is 1. The number of carbonyl (C=O) groups excluding carboxylic acids is 1. The number of hydrogen-bond acceptors (Lipinski definition) is 1. The molecule has 1 aliphatic carbocycles. The van der Waals surface area contributed by atoms with Crippen molar-refractivity contribution < 1.29 is 4.79 Å². The van der Waals surface area contributed by atoms with Gasteiger partial charge in [-0.2, -0.15) is 0 Å². The van der Waals surface area contributed by atoms with E-state index in [4.69, 9.17) is 0 Å². The maximum absolute atomic E-state index is 12.6. The molecule has 0 aromatic heterocycles. The summed E-state index contributed by atoms with van der Waals surface area (Å²) < 4.78 is 0. The molecule has 1 atom stereocenters. The van der Waals surface area contributed by atoms with Crippen molar-refractivity contribution in [3.8, 4) is 0 Å². The summed E-state index contributed by atoms with van der Waals surface area (Å²) in [4.78, 5) is 12.6. The molecule has 0 bridgehead atoms. The topological polar surface area (TPSA) is 29.1 Å². The Hall–Kier alpha value is -2.35. The largest absolute Gasteiger partial charge is 0.345 e. The molecule has 2 aromatic carbocycles. The highest BCUT2D eigenvalue weighted by Gasteiger charge is 2.21. The van der Waals surface area contributed by atoms with E-state index in [1.54, 1.807) is 0 Å². The Bertz CT molecular complexity index is 765. The molecule has 2 nitrogen and oxygen atoms in total. The van der Waals surface area contributed by atoms with Crippen LogP contribution in [0, 0.1) is 5.41 Å². The van der Waals surface area contributed by atoms with Gasteiger partial charge >= 0.3 is 0 Å². The fourth-order valence-electron chi connectivity index (χ4n) is 3.24. The first-order chi connectivity index (χ1) is 11.9. The van der Waals surface area contributed by atoms with E-state index < -0.39 is 0 Å². The first kappa shape index (κ1) is 17.5. The molecule has 0 saturated heterocycles. The van der Waals surface area contributed by atoms with Gasteiger partial charge in [-0.25, -0.2) is 0 Å². The Morgan fingerprint density at radius 3 is 2.52 bits per heavy atom. The molecule has 0 heterocycles. The monoisotopic (exact) mass is 333 g/mol. The average Bonchev–Trinajstić information content (AvgIpc) is 2.60. The molecule has 1 aliphatic rings. The van der Waals surface area contributed by atoms with Gasteiger partial charge < -0.3 is 5.32 Å². The standard InChI is InChI=1S/C23H27NO/c1-23(2,3)16-15-17-11-13-19(14-12-17)22(25)24-21-10-6-8-18-7-4-5-9-20(18)21/h4-5,7,9,11-16,21H,6,8,10H2,1-3H3,(H,24,25). The number of benzene rings is 2. The number of rotatable bonds is 3. The Labute approximate surface area is 151 Å². The molecular formula is C23H27NO. The molecule has 0 radical (unpaired) electrons. The van der Waals surface area contributed by atoms with Crippen LogP contribution in [0.5, 0.6) is 0 Å². The smallest absolute Gasteiger partial charge is 0.251 e. The number of aryl methyl sites for hydroxylation is 1. The third-order valence-electron chi connectivity index (χ3n) is 4.62. The second kappa shape index (κ2) is 7.26. The van der Waals surface area contributed by atoms with Crippen LogP contribution in [0.4, 0.5) is 0 Å². The van der Waals surface area contributed by atoms with E-state index >= 15 is 0 Å². The van der Waals surface area contributed by atoms with E-state index in [2.05, 4.69) is 62.5 Å². The van der Waals surface area contributed by atoms with Gasteiger partial charge in [0, 0.05) is 5.56 Å². The molecule has 3 rings (SSSR count). The lowest BCUT2D eigenvalue weighted by Gasteiger charge is -2.26. The van der Waals surface area contributed by atoms with Gasteiger partial charge in [0.05, 0.1) is 6.04 Å². The SMILES string of the molecule is CC(C)(C)C=Cc1ccc(C(=O)NC2CCCc3ccccc32)cc1. The zero-order chi connectivity index (χ0) is 17.9. The predicted octanol–water partition coefficient (Wildman–Crippen LogP) is 5.55. The van der Waals surface area contributed by atoms with E-state index in [-0.39, 0.29) is 17.4 Å². The van der Waals surface area contributed by atoms with Crippen LogP contribution >= 0.6 is 0 Å². The van der Waals surface area contributed by atoms with Crippen LogP contribution in [0.3, 0.4) is 0 Å². The van der Waals surface area contributed by atoms with Crippen molar-refractivity contribution in [2.75, 3.05) is 0 Å². The van der Waals surface area contributed by atoms with Crippen LogP contribution in [-0.4, -0.2) is 5.91 Å². The van der Waals surface area contributed by atoms with Crippen LogP contribution in [-0.2, 0) is 6.42 Å². The highest BCUT2D eigenvalue weighted by atomic mass is 16.1. The van der Waals surface area contributed by atoms with Crippen molar-refractivity contribution >= 4 is 12.0 Å². The maximum atomic E-state index is 12.6. The van der Waals surface area contributed by atoms with E-state index in [0.29, 0.717) is 0 Å². The van der Waals surface area contributed by atoms with Gasteiger partial charge in [0.15, 0.2) is 0 Å². The Kier molecular flexibility index (Phi) is 5.08. The van der Waals surface area contributed by atoms with Crippen LogP contribution < -0.4 is 5.32 Å². The molecule has 1 N–H and O–H groups in total. The summed E-state index contributed by atoms with van der Waals surface area (Å²) in [7, 11) is 0. The quantitative estimate of drug-likeness (QED) is 0.783. The lowest BCUT2D eigenvalue weighted by Crippen LogP contribution is -2.30. The Morgan fingerprint density at radius 2 is 1.80 bits per heavy atom. The summed E-state index contributed by atoms with van der Waals surface area (Å²) in [5.74, 6) is 0.00746. The molecule has 2 aromatic rings. The molecule has 0 fully saturated rings. The van der Waals surface area contributed by atoms with E-state index in [0.717, 1.165) is 30.4 Å². The third kappa shape index (κ3) is 4.60. The Morgan fingerprint density at radius 1 is 1.08 bits per heavy atom.